The number of carbonyl (C=O) groups excluding carboxylic acids is 1. The van der Waals surface area contributed by atoms with Gasteiger partial charge in [0.2, 0.25) is 5.91 Å². The van der Waals surface area contributed by atoms with Gasteiger partial charge in [0, 0.05) is 13.5 Å². The molecule has 0 saturated heterocycles. The lowest BCUT2D eigenvalue weighted by Crippen LogP contribution is -2.33. The third kappa shape index (κ3) is 3.66. The van der Waals surface area contributed by atoms with Gasteiger partial charge in [-0.1, -0.05) is 29.8 Å². The molecule has 0 radical (unpaired) electrons. The van der Waals surface area contributed by atoms with Gasteiger partial charge in [-0.05, 0) is 26.6 Å². The number of carbonyl (C=O) groups is 1. The van der Waals surface area contributed by atoms with Crippen molar-refractivity contribution < 1.29 is 4.79 Å². The number of rotatable bonds is 4. The van der Waals surface area contributed by atoms with E-state index in [2.05, 4.69) is 41.4 Å². The fourth-order valence-electron chi connectivity index (χ4n) is 1.63. The monoisotopic (exact) mass is 220 g/mol. The lowest BCUT2D eigenvalue weighted by molar-refractivity contribution is -0.119. The normalized spacial score (nSPS) is 12.6. The molecule has 1 unspecified atom stereocenters. The Labute approximate surface area is 97.5 Å². The minimum absolute atomic E-state index is 0.0129. The van der Waals surface area contributed by atoms with E-state index in [1.807, 2.05) is 14.1 Å². The molecule has 1 amide bonds. The molecule has 0 aromatic heterocycles. The molecule has 0 aliphatic rings. The van der Waals surface area contributed by atoms with E-state index in [4.69, 9.17) is 0 Å². The molecule has 1 aromatic rings. The van der Waals surface area contributed by atoms with E-state index in [1.54, 1.807) is 6.92 Å². The topological polar surface area (TPSA) is 32.3 Å². The maximum absolute atomic E-state index is 10.9. The highest BCUT2D eigenvalue weighted by atomic mass is 16.1. The van der Waals surface area contributed by atoms with Gasteiger partial charge in [0.1, 0.15) is 0 Å². The lowest BCUT2D eigenvalue weighted by atomic mass is 10.0. The second kappa shape index (κ2) is 5.66. The third-order valence-electron chi connectivity index (χ3n) is 2.63. The first-order valence-electron chi connectivity index (χ1n) is 5.48. The van der Waals surface area contributed by atoms with Crippen molar-refractivity contribution in [1.29, 1.82) is 0 Å². The van der Waals surface area contributed by atoms with Crippen LogP contribution in [-0.4, -0.2) is 31.4 Å². The summed E-state index contributed by atoms with van der Waals surface area (Å²) in [6, 6.07) is 8.65. The Bertz CT molecular complexity index is 343. The summed E-state index contributed by atoms with van der Waals surface area (Å²) < 4.78 is 0. The van der Waals surface area contributed by atoms with Crippen molar-refractivity contribution in [2.45, 2.75) is 19.9 Å². The van der Waals surface area contributed by atoms with Crippen LogP contribution in [0.25, 0.3) is 0 Å². The predicted octanol–water partition coefficient (Wildman–Crippen LogP) is 1.73. The van der Waals surface area contributed by atoms with Crippen molar-refractivity contribution in [3.05, 3.63) is 35.4 Å². The average molecular weight is 220 g/mol. The first-order chi connectivity index (χ1) is 7.50. The molecule has 0 aliphatic carbocycles. The van der Waals surface area contributed by atoms with E-state index in [0.29, 0.717) is 6.54 Å². The fraction of sp³-hybridized carbons (Fsp3) is 0.462. The third-order valence-corrected chi connectivity index (χ3v) is 2.63. The van der Waals surface area contributed by atoms with Gasteiger partial charge in [-0.25, -0.2) is 0 Å². The second-order valence-electron chi connectivity index (χ2n) is 4.33. The summed E-state index contributed by atoms with van der Waals surface area (Å²) in [5.41, 5.74) is 2.48. The highest BCUT2D eigenvalue weighted by molar-refractivity contribution is 5.72. The molecule has 88 valence electrons. The smallest absolute Gasteiger partial charge is 0.216 e. The average Bonchev–Trinajstić information content (AvgIpc) is 2.20. The van der Waals surface area contributed by atoms with Crippen molar-refractivity contribution in [3.8, 4) is 0 Å². The molecule has 0 saturated carbocycles. The summed E-state index contributed by atoms with van der Waals surface area (Å²) in [4.78, 5) is 13.0. The minimum atomic E-state index is 0.0129. The second-order valence-corrected chi connectivity index (χ2v) is 4.33. The van der Waals surface area contributed by atoms with Crippen LogP contribution in [0, 0.1) is 6.92 Å². The van der Waals surface area contributed by atoms with E-state index in [0.717, 1.165) is 0 Å². The van der Waals surface area contributed by atoms with E-state index >= 15 is 0 Å². The first kappa shape index (κ1) is 12.7. The molecule has 3 heteroatoms. The molecule has 0 aliphatic heterocycles. The van der Waals surface area contributed by atoms with Gasteiger partial charge in [0.15, 0.2) is 0 Å². The molecule has 0 heterocycles. The number of nitrogens with one attached hydrogen (secondary N) is 1. The van der Waals surface area contributed by atoms with Crippen LogP contribution in [-0.2, 0) is 4.79 Å². The Hall–Kier alpha value is -1.35. The first-order valence-corrected chi connectivity index (χ1v) is 5.48. The zero-order chi connectivity index (χ0) is 12.1. The van der Waals surface area contributed by atoms with Crippen LogP contribution < -0.4 is 5.32 Å². The minimum Gasteiger partial charge on any atom is -0.354 e. The number of hydrogen-bond acceptors (Lipinski definition) is 2. The molecule has 0 bridgehead atoms. The van der Waals surface area contributed by atoms with Gasteiger partial charge >= 0.3 is 0 Å². The van der Waals surface area contributed by atoms with Crippen molar-refractivity contribution in [1.82, 2.24) is 10.2 Å². The van der Waals surface area contributed by atoms with Crippen LogP contribution in [0.2, 0.25) is 0 Å². The predicted molar refractivity (Wildman–Crippen MR) is 66.3 cm³/mol. The van der Waals surface area contributed by atoms with Gasteiger partial charge in [-0.15, -0.1) is 0 Å². The van der Waals surface area contributed by atoms with Crippen molar-refractivity contribution in [2.75, 3.05) is 20.6 Å². The van der Waals surface area contributed by atoms with Crippen LogP contribution in [0.3, 0.4) is 0 Å². The number of aryl methyl sites for hydroxylation is 1. The molecule has 3 nitrogen and oxygen atoms in total. The van der Waals surface area contributed by atoms with Crippen LogP contribution >= 0.6 is 0 Å². The van der Waals surface area contributed by atoms with E-state index < -0.39 is 0 Å². The van der Waals surface area contributed by atoms with Crippen molar-refractivity contribution in [3.63, 3.8) is 0 Å². The molecule has 1 aromatic carbocycles. The Morgan fingerprint density at radius 3 is 2.31 bits per heavy atom. The summed E-state index contributed by atoms with van der Waals surface area (Å²) >= 11 is 0. The Morgan fingerprint density at radius 1 is 1.31 bits per heavy atom. The molecule has 1 rings (SSSR count). The maximum Gasteiger partial charge on any atom is 0.216 e. The van der Waals surface area contributed by atoms with E-state index in [-0.39, 0.29) is 11.9 Å². The molecule has 0 spiro atoms. The van der Waals surface area contributed by atoms with Crippen LogP contribution in [0.4, 0.5) is 0 Å². The molecular weight excluding hydrogens is 200 g/mol. The van der Waals surface area contributed by atoms with Gasteiger partial charge in [0.05, 0.1) is 6.04 Å². The molecule has 1 N–H and O–H groups in total. The number of hydrogen-bond donors (Lipinski definition) is 1. The zero-order valence-electron chi connectivity index (χ0n) is 10.4. The van der Waals surface area contributed by atoms with Gasteiger partial charge in [-0.2, -0.15) is 0 Å². The van der Waals surface area contributed by atoms with E-state index in [1.165, 1.54) is 11.1 Å². The largest absolute Gasteiger partial charge is 0.354 e. The van der Waals surface area contributed by atoms with Crippen LogP contribution in [0.1, 0.15) is 24.1 Å². The number of benzene rings is 1. The lowest BCUT2D eigenvalue weighted by Gasteiger charge is -2.25. The highest BCUT2D eigenvalue weighted by Gasteiger charge is 2.13. The Balaban J connectivity index is 2.77. The van der Waals surface area contributed by atoms with Gasteiger partial charge in [0.25, 0.3) is 0 Å². The fourth-order valence-corrected chi connectivity index (χ4v) is 1.63. The SMILES string of the molecule is CC(=O)NCC(c1ccc(C)cc1)N(C)C. The summed E-state index contributed by atoms with van der Waals surface area (Å²) in [7, 11) is 4.04. The zero-order valence-corrected chi connectivity index (χ0v) is 10.4. The van der Waals surface area contributed by atoms with E-state index in [9.17, 15) is 4.79 Å². The van der Waals surface area contributed by atoms with Gasteiger partial charge in [-0.3, -0.25) is 4.79 Å². The molecule has 0 fully saturated rings. The summed E-state index contributed by atoms with van der Waals surface area (Å²) in [6.45, 7) is 4.26. The van der Waals surface area contributed by atoms with Gasteiger partial charge < -0.3 is 10.2 Å². The molecule has 16 heavy (non-hydrogen) atoms. The van der Waals surface area contributed by atoms with Crippen molar-refractivity contribution >= 4 is 5.91 Å². The molecule has 1 atom stereocenters. The quantitative estimate of drug-likeness (QED) is 0.838. The summed E-state index contributed by atoms with van der Waals surface area (Å²) in [5, 5.41) is 2.86. The summed E-state index contributed by atoms with van der Waals surface area (Å²) in [5.74, 6) is 0.0129. The van der Waals surface area contributed by atoms with Crippen molar-refractivity contribution in [2.24, 2.45) is 0 Å². The number of amides is 1. The number of likely N-dealkylation sites (N-methyl/N-ethyl adjacent to an activating group) is 1. The Morgan fingerprint density at radius 2 is 1.88 bits per heavy atom. The highest BCUT2D eigenvalue weighted by Crippen LogP contribution is 2.17. The molecular formula is C13H20N2O. The maximum atomic E-state index is 10.9. The van der Waals surface area contributed by atoms with Crippen LogP contribution in [0.5, 0.6) is 0 Å². The summed E-state index contributed by atoms with van der Waals surface area (Å²) in [6.07, 6.45) is 0. The number of nitrogens with zero attached hydrogens (tertiary/aromatic N) is 1. The Kier molecular flexibility index (Phi) is 4.50. The standard InChI is InChI=1S/C13H20N2O/c1-10-5-7-12(8-6-10)13(15(3)4)9-14-11(2)16/h5-8,13H,9H2,1-4H3,(H,14,16). The van der Waals surface area contributed by atoms with Crippen LogP contribution in [0.15, 0.2) is 24.3 Å².